The van der Waals surface area contributed by atoms with E-state index in [0.29, 0.717) is 0 Å². The third kappa shape index (κ3) is 2.70. The van der Waals surface area contributed by atoms with E-state index in [2.05, 4.69) is 10.8 Å². The number of hydrogen-bond donors (Lipinski definition) is 0. The average Bonchev–Trinajstić information content (AvgIpc) is 2.41. The van der Waals surface area contributed by atoms with Crippen LogP contribution in [-0.4, -0.2) is 13.1 Å². The van der Waals surface area contributed by atoms with E-state index in [1.807, 2.05) is 13.8 Å². The molecule has 0 aliphatic heterocycles. The minimum absolute atomic E-state index is 0.314. The second-order valence-electron chi connectivity index (χ2n) is 2.76. The molecule has 1 aromatic rings. The number of rotatable bonds is 2. The van der Waals surface area contributed by atoms with Crippen LogP contribution >= 0.6 is 11.3 Å². The SMILES string of the molecule is COC(=O)/C=C/c1sc(C)cc1C. The predicted molar refractivity (Wildman–Crippen MR) is 54.8 cm³/mol. The van der Waals surface area contributed by atoms with E-state index >= 15 is 0 Å². The molecule has 1 rings (SSSR count). The molecule has 0 aliphatic rings. The molecule has 0 saturated heterocycles. The van der Waals surface area contributed by atoms with E-state index in [4.69, 9.17) is 0 Å². The molecule has 0 bridgehead atoms. The van der Waals surface area contributed by atoms with Crippen LogP contribution < -0.4 is 0 Å². The normalized spacial score (nSPS) is 10.7. The first-order valence-corrected chi connectivity index (χ1v) is 4.78. The van der Waals surface area contributed by atoms with E-state index < -0.39 is 0 Å². The summed E-state index contributed by atoms with van der Waals surface area (Å²) in [5.41, 5.74) is 1.20. The molecule has 0 aromatic carbocycles. The molecule has 3 heteroatoms. The Labute approximate surface area is 81.8 Å². The lowest BCUT2D eigenvalue weighted by molar-refractivity contribution is -0.134. The van der Waals surface area contributed by atoms with Crippen LogP contribution in [0.25, 0.3) is 6.08 Å². The Morgan fingerprint density at radius 2 is 2.23 bits per heavy atom. The fourth-order valence-corrected chi connectivity index (χ4v) is 1.98. The Morgan fingerprint density at radius 3 is 2.69 bits per heavy atom. The van der Waals surface area contributed by atoms with Gasteiger partial charge in [0.15, 0.2) is 0 Å². The summed E-state index contributed by atoms with van der Waals surface area (Å²) in [6.45, 7) is 4.08. The molecule has 1 aromatic heterocycles. The maximum atomic E-state index is 10.8. The number of carbonyl (C=O) groups excluding carboxylic acids is 1. The van der Waals surface area contributed by atoms with Crippen molar-refractivity contribution in [1.29, 1.82) is 0 Å². The fraction of sp³-hybridized carbons (Fsp3) is 0.300. The molecule has 70 valence electrons. The van der Waals surface area contributed by atoms with Crippen LogP contribution in [0, 0.1) is 13.8 Å². The molecule has 0 atom stereocenters. The Kier molecular flexibility index (Phi) is 3.25. The van der Waals surface area contributed by atoms with Crippen molar-refractivity contribution >= 4 is 23.4 Å². The Balaban J connectivity index is 2.79. The van der Waals surface area contributed by atoms with Gasteiger partial charge in [-0.25, -0.2) is 4.79 Å². The summed E-state index contributed by atoms with van der Waals surface area (Å²) in [7, 11) is 1.37. The first kappa shape index (κ1) is 9.99. The monoisotopic (exact) mass is 196 g/mol. The Hall–Kier alpha value is -1.09. The lowest BCUT2D eigenvalue weighted by Gasteiger charge is -1.90. The van der Waals surface area contributed by atoms with E-state index in [1.165, 1.54) is 23.6 Å². The highest BCUT2D eigenvalue weighted by Gasteiger charge is 1.99. The van der Waals surface area contributed by atoms with Gasteiger partial charge in [-0.05, 0) is 31.6 Å². The van der Waals surface area contributed by atoms with Crippen LogP contribution in [0.2, 0.25) is 0 Å². The summed E-state index contributed by atoms with van der Waals surface area (Å²) in [5.74, 6) is -0.314. The molecule has 0 unspecified atom stereocenters. The highest BCUT2D eigenvalue weighted by Crippen LogP contribution is 2.22. The molecule has 0 fully saturated rings. The molecule has 2 nitrogen and oxygen atoms in total. The molecule has 0 amide bonds. The zero-order valence-electron chi connectivity index (χ0n) is 7.96. The van der Waals surface area contributed by atoms with Gasteiger partial charge >= 0.3 is 5.97 Å². The number of carbonyl (C=O) groups is 1. The molecule has 0 N–H and O–H groups in total. The highest BCUT2D eigenvalue weighted by molar-refractivity contribution is 7.13. The van der Waals surface area contributed by atoms with Crippen molar-refractivity contribution in [3.8, 4) is 0 Å². The number of aryl methyl sites for hydroxylation is 2. The summed E-state index contributed by atoms with van der Waals surface area (Å²) in [4.78, 5) is 13.2. The third-order valence-electron chi connectivity index (χ3n) is 1.65. The summed E-state index contributed by atoms with van der Waals surface area (Å²) < 4.78 is 4.50. The van der Waals surface area contributed by atoms with Crippen LogP contribution in [0.1, 0.15) is 15.3 Å². The number of esters is 1. The smallest absolute Gasteiger partial charge is 0.330 e. The molecule has 13 heavy (non-hydrogen) atoms. The van der Waals surface area contributed by atoms with Gasteiger partial charge in [0.1, 0.15) is 0 Å². The summed E-state index contributed by atoms with van der Waals surface area (Å²) in [6.07, 6.45) is 3.23. The lowest BCUT2D eigenvalue weighted by atomic mass is 10.2. The highest BCUT2D eigenvalue weighted by atomic mass is 32.1. The topological polar surface area (TPSA) is 26.3 Å². The molecule has 0 saturated carbocycles. The third-order valence-corrected chi connectivity index (χ3v) is 2.77. The predicted octanol–water partition coefficient (Wildman–Crippen LogP) is 2.55. The van der Waals surface area contributed by atoms with Gasteiger partial charge in [-0.15, -0.1) is 11.3 Å². The van der Waals surface area contributed by atoms with E-state index in [0.717, 1.165) is 4.88 Å². The molecule has 0 radical (unpaired) electrons. The standard InChI is InChI=1S/C10H12O2S/c1-7-6-8(2)13-9(7)4-5-10(11)12-3/h4-6H,1-3H3/b5-4+. The molecular weight excluding hydrogens is 184 g/mol. The van der Waals surface area contributed by atoms with Crippen LogP contribution in [0.5, 0.6) is 0 Å². The van der Waals surface area contributed by atoms with Gasteiger partial charge in [-0.2, -0.15) is 0 Å². The quantitative estimate of drug-likeness (QED) is 0.536. The minimum Gasteiger partial charge on any atom is -0.466 e. The maximum Gasteiger partial charge on any atom is 0.330 e. The second kappa shape index (κ2) is 4.23. The van der Waals surface area contributed by atoms with E-state index in [-0.39, 0.29) is 5.97 Å². The van der Waals surface area contributed by atoms with Gasteiger partial charge in [0.25, 0.3) is 0 Å². The number of ether oxygens (including phenoxy) is 1. The molecule has 0 spiro atoms. The maximum absolute atomic E-state index is 10.8. The van der Waals surface area contributed by atoms with E-state index in [1.54, 1.807) is 17.4 Å². The number of thiophene rings is 1. The first-order chi connectivity index (χ1) is 6.13. The van der Waals surface area contributed by atoms with Gasteiger partial charge in [0.2, 0.25) is 0 Å². The fourth-order valence-electron chi connectivity index (χ4n) is 1.04. The Morgan fingerprint density at radius 1 is 1.54 bits per heavy atom. The van der Waals surface area contributed by atoms with E-state index in [9.17, 15) is 4.79 Å². The summed E-state index contributed by atoms with van der Waals surface area (Å²) >= 11 is 1.67. The van der Waals surface area contributed by atoms with Crippen molar-refractivity contribution in [3.63, 3.8) is 0 Å². The summed E-state index contributed by atoms with van der Waals surface area (Å²) in [5, 5.41) is 0. The van der Waals surface area contributed by atoms with Crippen LogP contribution in [0.3, 0.4) is 0 Å². The first-order valence-electron chi connectivity index (χ1n) is 3.96. The van der Waals surface area contributed by atoms with Crippen LogP contribution in [0.4, 0.5) is 0 Å². The van der Waals surface area contributed by atoms with Crippen molar-refractivity contribution in [2.45, 2.75) is 13.8 Å². The molecule has 0 aliphatic carbocycles. The summed E-state index contributed by atoms with van der Waals surface area (Å²) in [6, 6.07) is 2.10. The van der Waals surface area contributed by atoms with Crippen molar-refractivity contribution in [1.82, 2.24) is 0 Å². The van der Waals surface area contributed by atoms with Gasteiger partial charge in [0, 0.05) is 15.8 Å². The number of hydrogen-bond acceptors (Lipinski definition) is 3. The largest absolute Gasteiger partial charge is 0.466 e. The minimum atomic E-state index is -0.314. The van der Waals surface area contributed by atoms with Crippen molar-refractivity contribution in [3.05, 3.63) is 27.5 Å². The zero-order chi connectivity index (χ0) is 9.84. The van der Waals surface area contributed by atoms with Gasteiger partial charge in [0.05, 0.1) is 7.11 Å². The second-order valence-corrected chi connectivity index (χ2v) is 4.05. The number of methoxy groups -OCH3 is 1. The van der Waals surface area contributed by atoms with Crippen molar-refractivity contribution in [2.24, 2.45) is 0 Å². The Bertz CT molecular complexity index is 337. The van der Waals surface area contributed by atoms with Gasteiger partial charge in [-0.1, -0.05) is 0 Å². The van der Waals surface area contributed by atoms with Crippen molar-refractivity contribution in [2.75, 3.05) is 7.11 Å². The molecular formula is C10H12O2S. The van der Waals surface area contributed by atoms with Crippen LogP contribution in [0.15, 0.2) is 12.1 Å². The zero-order valence-corrected chi connectivity index (χ0v) is 8.77. The molecule has 1 heterocycles. The average molecular weight is 196 g/mol. The van der Waals surface area contributed by atoms with Gasteiger partial charge in [-0.3, -0.25) is 0 Å². The lowest BCUT2D eigenvalue weighted by Crippen LogP contribution is -1.92. The van der Waals surface area contributed by atoms with Gasteiger partial charge < -0.3 is 4.74 Å². The van der Waals surface area contributed by atoms with Crippen LogP contribution in [-0.2, 0) is 9.53 Å². The van der Waals surface area contributed by atoms with Crippen molar-refractivity contribution < 1.29 is 9.53 Å².